The lowest BCUT2D eigenvalue weighted by Crippen LogP contribution is -2.17. The molecule has 2 fully saturated rings. The minimum Gasteiger partial charge on any atom is -0.393 e. The number of hydrogen-bond acceptors (Lipinski definition) is 1. The van der Waals surface area contributed by atoms with E-state index in [0.717, 1.165) is 24.7 Å². The topological polar surface area (TPSA) is 20.2 Å². The van der Waals surface area contributed by atoms with E-state index in [9.17, 15) is 5.11 Å². The summed E-state index contributed by atoms with van der Waals surface area (Å²) in [6.07, 6.45) is 10.5. The van der Waals surface area contributed by atoms with Crippen molar-refractivity contribution in [2.75, 3.05) is 0 Å². The molecule has 0 aliphatic heterocycles. The number of hydrogen-bond donors (Lipinski definition) is 1. The molecule has 0 heterocycles. The van der Waals surface area contributed by atoms with Gasteiger partial charge < -0.3 is 5.11 Å². The molecule has 0 spiro atoms. The molecule has 0 amide bonds. The number of aliphatic hydroxyl groups excluding tert-OH is 1. The summed E-state index contributed by atoms with van der Waals surface area (Å²) in [7, 11) is 0. The quantitative estimate of drug-likeness (QED) is 0.589. The first-order valence-corrected chi connectivity index (χ1v) is 5.54. The minimum absolute atomic E-state index is 0.0237. The molecule has 0 bridgehead atoms. The molecule has 0 aromatic heterocycles. The first kappa shape index (κ1) is 8.55. The number of aliphatic hydroxyl groups is 1. The lowest BCUT2D eigenvalue weighted by atomic mass is 9.77. The van der Waals surface area contributed by atoms with Crippen LogP contribution in [0.4, 0.5) is 0 Å². The second kappa shape index (κ2) is 3.78. The average molecular weight is 168 g/mol. The van der Waals surface area contributed by atoms with Gasteiger partial charge in [0.25, 0.3) is 0 Å². The molecular formula is C11H20O. The van der Waals surface area contributed by atoms with Crippen LogP contribution in [0.5, 0.6) is 0 Å². The Labute approximate surface area is 75.2 Å². The Balaban J connectivity index is 1.94. The molecule has 2 rings (SSSR count). The zero-order valence-electron chi connectivity index (χ0n) is 7.84. The fraction of sp³-hybridized carbons (Fsp3) is 1.00. The zero-order chi connectivity index (χ0) is 8.39. The molecular weight excluding hydrogens is 148 g/mol. The molecule has 12 heavy (non-hydrogen) atoms. The molecule has 1 nitrogen and oxygen atoms in total. The van der Waals surface area contributed by atoms with E-state index < -0.39 is 0 Å². The van der Waals surface area contributed by atoms with E-state index in [1.54, 1.807) is 0 Å². The predicted molar refractivity (Wildman–Crippen MR) is 49.9 cm³/mol. The van der Waals surface area contributed by atoms with Crippen LogP contribution >= 0.6 is 0 Å². The van der Waals surface area contributed by atoms with Gasteiger partial charge in [0.1, 0.15) is 0 Å². The highest BCUT2D eigenvalue weighted by Crippen LogP contribution is 2.39. The summed E-state index contributed by atoms with van der Waals surface area (Å²) in [5.74, 6) is 1.94. The van der Waals surface area contributed by atoms with Gasteiger partial charge in [-0.05, 0) is 37.5 Å². The Morgan fingerprint density at radius 3 is 1.67 bits per heavy atom. The third-order valence-corrected chi connectivity index (χ3v) is 3.81. The van der Waals surface area contributed by atoms with Crippen molar-refractivity contribution < 1.29 is 5.11 Å². The van der Waals surface area contributed by atoms with Crippen molar-refractivity contribution in [1.82, 2.24) is 0 Å². The maximum atomic E-state index is 9.54. The second-order valence-corrected chi connectivity index (χ2v) is 4.61. The van der Waals surface area contributed by atoms with Gasteiger partial charge in [0.2, 0.25) is 0 Å². The highest BCUT2D eigenvalue weighted by atomic mass is 16.3. The lowest BCUT2D eigenvalue weighted by Gasteiger charge is -2.29. The smallest absolute Gasteiger partial charge is 0.0540 e. The van der Waals surface area contributed by atoms with Gasteiger partial charge >= 0.3 is 0 Å². The maximum Gasteiger partial charge on any atom is 0.0540 e. The number of rotatable bonds is 0. The monoisotopic (exact) mass is 168 g/mol. The molecule has 0 aromatic rings. The normalized spacial score (nSPS) is 43.2. The third kappa shape index (κ3) is 1.82. The van der Waals surface area contributed by atoms with Crippen molar-refractivity contribution in [3.05, 3.63) is 0 Å². The molecule has 2 unspecified atom stereocenters. The predicted octanol–water partition coefficient (Wildman–Crippen LogP) is 2.73. The fourth-order valence-electron chi connectivity index (χ4n) is 3.00. The fourth-order valence-corrected chi connectivity index (χ4v) is 3.00. The maximum absolute atomic E-state index is 9.54. The van der Waals surface area contributed by atoms with E-state index in [1.165, 1.54) is 38.5 Å². The lowest BCUT2D eigenvalue weighted by molar-refractivity contribution is 0.155. The SMILES string of the molecule is OC1CCC2CCCCC2CC1. The average Bonchev–Trinajstić information content (AvgIpc) is 2.29. The molecule has 1 heteroatoms. The van der Waals surface area contributed by atoms with Crippen LogP contribution < -0.4 is 0 Å². The summed E-state index contributed by atoms with van der Waals surface area (Å²) >= 11 is 0. The van der Waals surface area contributed by atoms with Crippen molar-refractivity contribution in [3.63, 3.8) is 0 Å². The molecule has 2 aliphatic carbocycles. The third-order valence-electron chi connectivity index (χ3n) is 3.81. The van der Waals surface area contributed by atoms with Gasteiger partial charge in [0.15, 0.2) is 0 Å². The highest BCUT2D eigenvalue weighted by Gasteiger charge is 2.28. The van der Waals surface area contributed by atoms with Crippen LogP contribution in [0.1, 0.15) is 51.4 Å². The van der Waals surface area contributed by atoms with Crippen molar-refractivity contribution in [3.8, 4) is 0 Å². The Kier molecular flexibility index (Phi) is 2.69. The molecule has 1 N–H and O–H groups in total. The molecule has 2 aliphatic rings. The van der Waals surface area contributed by atoms with E-state index in [-0.39, 0.29) is 6.10 Å². The molecule has 70 valence electrons. The van der Waals surface area contributed by atoms with Gasteiger partial charge in [-0.15, -0.1) is 0 Å². The Bertz CT molecular complexity index is 128. The van der Waals surface area contributed by atoms with Gasteiger partial charge in [-0.3, -0.25) is 0 Å². The molecule has 0 saturated heterocycles. The van der Waals surface area contributed by atoms with Gasteiger partial charge in [0.05, 0.1) is 6.10 Å². The van der Waals surface area contributed by atoms with Gasteiger partial charge in [0, 0.05) is 0 Å². The molecule has 0 aromatic carbocycles. The Hall–Kier alpha value is -0.0400. The van der Waals surface area contributed by atoms with Crippen molar-refractivity contribution in [1.29, 1.82) is 0 Å². The summed E-state index contributed by atoms with van der Waals surface area (Å²) in [6.45, 7) is 0. The summed E-state index contributed by atoms with van der Waals surface area (Å²) in [5.41, 5.74) is 0. The van der Waals surface area contributed by atoms with E-state index in [0.29, 0.717) is 0 Å². The van der Waals surface area contributed by atoms with Crippen LogP contribution in [0, 0.1) is 11.8 Å². The number of fused-ring (bicyclic) bond motifs is 1. The van der Waals surface area contributed by atoms with Crippen LogP contribution in [0.25, 0.3) is 0 Å². The summed E-state index contributed by atoms with van der Waals surface area (Å²) in [4.78, 5) is 0. The largest absolute Gasteiger partial charge is 0.393 e. The van der Waals surface area contributed by atoms with Gasteiger partial charge in [-0.25, -0.2) is 0 Å². The summed E-state index contributed by atoms with van der Waals surface area (Å²) in [6, 6.07) is 0. The Morgan fingerprint density at radius 2 is 1.17 bits per heavy atom. The van der Waals surface area contributed by atoms with Crippen LogP contribution in [0.2, 0.25) is 0 Å². The van der Waals surface area contributed by atoms with Crippen molar-refractivity contribution in [2.24, 2.45) is 11.8 Å². The standard InChI is InChI=1S/C11H20O/c12-11-7-5-9-3-1-2-4-10(9)6-8-11/h9-12H,1-8H2. The molecule has 2 atom stereocenters. The van der Waals surface area contributed by atoms with Crippen molar-refractivity contribution >= 4 is 0 Å². The van der Waals surface area contributed by atoms with E-state index >= 15 is 0 Å². The summed E-state index contributed by atoms with van der Waals surface area (Å²) in [5, 5.41) is 9.54. The summed E-state index contributed by atoms with van der Waals surface area (Å²) < 4.78 is 0. The van der Waals surface area contributed by atoms with E-state index in [1.807, 2.05) is 0 Å². The highest BCUT2D eigenvalue weighted by molar-refractivity contribution is 4.80. The van der Waals surface area contributed by atoms with Gasteiger partial charge in [-0.1, -0.05) is 25.7 Å². The van der Waals surface area contributed by atoms with E-state index in [4.69, 9.17) is 0 Å². The van der Waals surface area contributed by atoms with Crippen LogP contribution in [0.3, 0.4) is 0 Å². The minimum atomic E-state index is 0.0237. The Morgan fingerprint density at radius 1 is 0.667 bits per heavy atom. The molecule has 2 saturated carbocycles. The molecule has 0 radical (unpaired) electrons. The second-order valence-electron chi connectivity index (χ2n) is 4.61. The van der Waals surface area contributed by atoms with Gasteiger partial charge in [-0.2, -0.15) is 0 Å². The first-order valence-electron chi connectivity index (χ1n) is 5.54. The first-order chi connectivity index (χ1) is 5.86. The van der Waals surface area contributed by atoms with Crippen molar-refractivity contribution in [2.45, 2.75) is 57.5 Å². The van der Waals surface area contributed by atoms with Crippen LogP contribution in [-0.2, 0) is 0 Å². The van der Waals surface area contributed by atoms with E-state index in [2.05, 4.69) is 0 Å². The van der Waals surface area contributed by atoms with Crippen LogP contribution in [-0.4, -0.2) is 11.2 Å². The van der Waals surface area contributed by atoms with Crippen LogP contribution in [0.15, 0.2) is 0 Å². The zero-order valence-corrected chi connectivity index (χ0v) is 7.84.